The van der Waals surface area contributed by atoms with Gasteiger partial charge in [0.15, 0.2) is 0 Å². The SMILES string of the molecule is O=P1(c2ccc(C#CC#Cc3ccc(P4(=O)Oc5ccccc5-c5ccccc54)cc3)cc2)Oc2ccccc2-c2ccccc21. The van der Waals surface area contributed by atoms with Gasteiger partial charge in [-0.25, -0.2) is 0 Å². The molecule has 0 fully saturated rings. The minimum Gasteiger partial charge on any atom is -0.436 e. The van der Waals surface area contributed by atoms with E-state index in [1.807, 2.05) is 146 Å². The lowest BCUT2D eigenvalue weighted by Crippen LogP contribution is -2.25. The van der Waals surface area contributed by atoms with Gasteiger partial charge in [-0.05, 0) is 95.8 Å². The van der Waals surface area contributed by atoms with Crippen molar-refractivity contribution in [1.82, 2.24) is 0 Å². The standard InChI is InChI=1S/C40H24O4P2/c41-45(39-19-9-5-15-35(39)33-13-3-7-17-37(33)43-45)31-25-21-29(22-26-31)11-1-2-12-30-23-27-32(28-24-30)46(42)40-20-10-6-16-36(40)34-14-4-8-18-38(34)44-46/h3-10,13-28H. The first-order valence-electron chi connectivity index (χ1n) is 14.7. The van der Waals surface area contributed by atoms with E-state index in [1.165, 1.54) is 0 Å². The third kappa shape index (κ3) is 4.68. The van der Waals surface area contributed by atoms with Gasteiger partial charge in [0.1, 0.15) is 11.5 Å². The Labute approximate surface area is 267 Å². The van der Waals surface area contributed by atoms with Gasteiger partial charge in [0.25, 0.3) is 0 Å². The van der Waals surface area contributed by atoms with E-state index in [9.17, 15) is 9.13 Å². The fraction of sp³-hybridized carbons (Fsp3) is 0. The summed E-state index contributed by atoms with van der Waals surface area (Å²) in [7, 11) is -6.68. The van der Waals surface area contributed by atoms with E-state index in [-0.39, 0.29) is 0 Å². The predicted molar refractivity (Wildman–Crippen MR) is 185 cm³/mol. The monoisotopic (exact) mass is 630 g/mol. The fourth-order valence-electron chi connectivity index (χ4n) is 5.90. The maximum atomic E-state index is 14.3. The summed E-state index contributed by atoms with van der Waals surface area (Å²) in [5.74, 6) is 13.2. The Morgan fingerprint density at radius 1 is 0.391 bits per heavy atom. The van der Waals surface area contributed by atoms with Crippen LogP contribution >= 0.6 is 14.7 Å². The molecule has 0 saturated carbocycles. The molecular formula is C40H24O4P2. The first kappa shape index (κ1) is 28.0. The van der Waals surface area contributed by atoms with Crippen LogP contribution in [0.5, 0.6) is 11.5 Å². The molecule has 0 aliphatic carbocycles. The molecule has 2 unspecified atom stereocenters. The van der Waals surface area contributed by atoms with Gasteiger partial charge < -0.3 is 9.05 Å². The molecule has 0 saturated heterocycles. The average molecular weight is 631 g/mol. The summed E-state index contributed by atoms with van der Waals surface area (Å²) in [6.45, 7) is 0. The summed E-state index contributed by atoms with van der Waals surface area (Å²) >= 11 is 0. The van der Waals surface area contributed by atoms with Gasteiger partial charge in [0.2, 0.25) is 0 Å². The molecular weight excluding hydrogens is 606 g/mol. The molecule has 0 bridgehead atoms. The van der Waals surface area contributed by atoms with Crippen LogP contribution in [0.4, 0.5) is 0 Å². The largest absolute Gasteiger partial charge is 0.436 e. The van der Waals surface area contributed by atoms with Crippen LogP contribution in [0.2, 0.25) is 0 Å². The Balaban J connectivity index is 1.01. The van der Waals surface area contributed by atoms with Gasteiger partial charge in [-0.3, -0.25) is 9.13 Å². The van der Waals surface area contributed by atoms with E-state index < -0.39 is 14.7 Å². The summed E-state index contributed by atoms with van der Waals surface area (Å²) in [6.07, 6.45) is 0. The Morgan fingerprint density at radius 2 is 0.739 bits per heavy atom. The zero-order chi connectivity index (χ0) is 31.1. The predicted octanol–water partition coefficient (Wildman–Crippen LogP) is 7.67. The highest BCUT2D eigenvalue weighted by Crippen LogP contribution is 2.54. The number of rotatable bonds is 2. The second kappa shape index (κ2) is 11.1. The second-order valence-electron chi connectivity index (χ2n) is 10.9. The first-order valence-corrected chi connectivity index (χ1v) is 18.0. The molecule has 0 aromatic heterocycles. The van der Waals surface area contributed by atoms with Gasteiger partial charge >= 0.3 is 14.7 Å². The highest BCUT2D eigenvalue weighted by Gasteiger charge is 2.38. The number of para-hydroxylation sites is 2. The molecule has 8 rings (SSSR count). The summed E-state index contributed by atoms with van der Waals surface area (Å²) < 4.78 is 41.0. The zero-order valence-electron chi connectivity index (χ0n) is 24.4. The molecule has 6 aromatic rings. The first-order chi connectivity index (χ1) is 22.5. The molecule has 2 heterocycles. The van der Waals surface area contributed by atoms with Crippen molar-refractivity contribution in [2.45, 2.75) is 0 Å². The molecule has 0 spiro atoms. The summed E-state index contributed by atoms with van der Waals surface area (Å²) in [5.41, 5.74) is 5.22. The second-order valence-corrected chi connectivity index (χ2v) is 15.5. The maximum Gasteiger partial charge on any atom is 0.307 e. The molecule has 218 valence electrons. The summed E-state index contributed by atoms with van der Waals surface area (Å²) in [5, 5.41) is 2.61. The lowest BCUT2D eigenvalue weighted by molar-refractivity contribution is 0.500. The van der Waals surface area contributed by atoms with Gasteiger partial charge in [0, 0.05) is 22.3 Å². The summed E-state index contributed by atoms with van der Waals surface area (Å²) in [4.78, 5) is 0. The van der Waals surface area contributed by atoms with Crippen LogP contribution < -0.4 is 30.3 Å². The van der Waals surface area contributed by atoms with Gasteiger partial charge in [-0.15, -0.1) is 0 Å². The van der Waals surface area contributed by atoms with E-state index in [2.05, 4.69) is 23.7 Å². The normalized spacial score (nSPS) is 18.3. The zero-order valence-corrected chi connectivity index (χ0v) is 26.2. The van der Waals surface area contributed by atoms with Crippen molar-refractivity contribution < 1.29 is 18.2 Å². The smallest absolute Gasteiger partial charge is 0.307 e. The minimum atomic E-state index is -3.34. The molecule has 0 amide bonds. The van der Waals surface area contributed by atoms with Crippen molar-refractivity contribution in [3.05, 3.63) is 157 Å². The fourth-order valence-corrected chi connectivity index (χ4v) is 10.4. The van der Waals surface area contributed by atoms with Crippen LogP contribution in [0.25, 0.3) is 22.3 Å². The van der Waals surface area contributed by atoms with Crippen LogP contribution in [0.15, 0.2) is 146 Å². The number of hydrogen-bond donors (Lipinski definition) is 0. The quantitative estimate of drug-likeness (QED) is 0.146. The third-order valence-corrected chi connectivity index (χ3v) is 13.1. The van der Waals surface area contributed by atoms with Crippen LogP contribution in [-0.2, 0) is 9.13 Å². The lowest BCUT2D eigenvalue weighted by Gasteiger charge is -2.28. The molecule has 2 aliphatic rings. The number of hydrogen-bond acceptors (Lipinski definition) is 4. The highest BCUT2D eigenvalue weighted by molar-refractivity contribution is 7.75. The van der Waals surface area contributed by atoms with Crippen LogP contribution in [0.3, 0.4) is 0 Å². The lowest BCUT2D eigenvalue weighted by atomic mass is 10.0. The van der Waals surface area contributed by atoms with Crippen molar-refractivity contribution in [3.8, 4) is 57.4 Å². The Hall–Kier alpha value is -5.50. The van der Waals surface area contributed by atoms with Crippen molar-refractivity contribution in [3.63, 3.8) is 0 Å². The topological polar surface area (TPSA) is 52.6 Å². The van der Waals surface area contributed by atoms with Crippen LogP contribution in [0, 0.1) is 23.7 Å². The Bertz CT molecular complexity index is 2220. The molecule has 46 heavy (non-hydrogen) atoms. The van der Waals surface area contributed by atoms with Gasteiger partial charge in [-0.1, -0.05) is 84.6 Å². The third-order valence-electron chi connectivity index (χ3n) is 8.14. The highest BCUT2D eigenvalue weighted by atomic mass is 31.2. The van der Waals surface area contributed by atoms with E-state index in [0.29, 0.717) is 32.7 Å². The molecule has 6 aromatic carbocycles. The molecule has 6 heteroatoms. The van der Waals surface area contributed by atoms with Crippen molar-refractivity contribution >= 4 is 36.0 Å². The van der Waals surface area contributed by atoms with E-state index in [4.69, 9.17) is 9.05 Å². The van der Waals surface area contributed by atoms with E-state index >= 15 is 0 Å². The van der Waals surface area contributed by atoms with Crippen LogP contribution in [0.1, 0.15) is 11.1 Å². The number of fused-ring (bicyclic) bond motifs is 6. The molecule has 0 N–H and O–H groups in total. The van der Waals surface area contributed by atoms with Crippen molar-refractivity contribution in [2.24, 2.45) is 0 Å². The van der Waals surface area contributed by atoms with Gasteiger partial charge in [0.05, 0.1) is 21.2 Å². The van der Waals surface area contributed by atoms with Gasteiger partial charge in [-0.2, -0.15) is 0 Å². The average Bonchev–Trinajstić information content (AvgIpc) is 3.11. The number of benzene rings is 6. The minimum absolute atomic E-state index is 0.609. The van der Waals surface area contributed by atoms with E-state index in [1.54, 1.807) is 0 Å². The Kier molecular flexibility index (Phi) is 6.78. The maximum absolute atomic E-state index is 14.3. The summed E-state index contributed by atoms with van der Waals surface area (Å²) in [6, 6.07) is 45.3. The van der Waals surface area contributed by atoms with E-state index in [0.717, 1.165) is 33.4 Å². The molecule has 4 nitrogen and oxygen atoms in total. The van der Waals surface area contributed by atoms with Crippen molar-refractivity contribution in [1.29, 1.82) is 0 Å². The molecule has 2 atom stereocenters. The Morgan fingerprint density at radius 3 is 1.15 bits per heavy atom. The van der Waals surface area contributed by atoms with Crippen LogP contribution in [-0.4, -0.2) is 0 Å². The molecule has 0 radical (unpaired) electrons. The van der Waals surface area contributed by atoms with Crippen molar-refractivity contribution in [2.75, 3.05) is 0 Å². The molecule has 2 aliphatic heterocycles.